The number of ether oxygens (including phenoxy) is 1. The first kappa shape index (κ1) is 14.8. The Morgan fingerprint density at radius 2 is 2.35 bits per heavy atom. The van der Waals surface area contributed by atoms with Crippen molar-refractivity contribution in [2.24, 2.45) is 5.92 Å². The molecule has 1 N–H and O–H groups in total. The maximum Gasteiger partial charge on any atom is 0.123 e. The number of aliphatic hydroxyl groups excluding tert-OH is 1. The molecule has 108 valence electrons. The van der Waals surface area contributed by atoms with Gasteiger partial charge >= 0.3 is 0 Å². The molecular formula is C16H22N2O2. The molecule has 1 heterocycles. The zero-order valence-electron chi connectivity index (χ0n) is 12.2. The minimum absolute atomic E-state index is 0.259. The van der Waals surface area contributed by atoms with E-state index in [1.807, 2.05) is 19.1 Å². The van der Waals surface area contributed by atoms with E-state index < -0.39 is 0 Å². The first-order chi connectivity index (χ1) is 9.63. The summed E-state index contributed by atoms with van der Waals surface area (Å²) in [5.41, 5.74) is 1.70. The van der Waals surface area contributed by atoms with Crippen LogP contribution in [0, 0.1) is 17.2 Å². The predicted octanol–water partition coefficient (Wildman–Crippen LogP) is 2.16. The van der Waals surface area contributed by atoms with E-state index in [-0.39, 0.29) is 6.10 Å². The zero-order valence-corrected chi connectivity index (χ0v) is 12.2. The van der Waals surface area contributed by atoms with Gasteiger partial charge in [-0.15, -0.1) is 0 Å². The van der Waals surface area contributed by atoms with Crippen LogP contribution in [-0.4, -0.2) is 36.3 Å². The molecule has 1 saturated heterocycles. The SMILES string of the molecule is COc1ccc(C#N)cc1CN1CCCC(C(C)O)C1. The van der Waals surface area contributed by atoms with E-state index in [0.29, 0.717) is 11.5 Å². The molecule has 4 nitrogen and oxygen atoms in total. The zero-order chi connectivity index (χ0) is 14.5. The van der Waals surface area contributed by atoms with Crippen molar-refractivity contribution in [1.29, 1.82) is 5.26 Å². The monoisotopic (exact) mass is 274 g/mol. The molecule has 2 rings (SSSR count). The van der Waals surface area contributed by atoms with Crippen LogP contribution in [0.15, 0.2) is 18.2 Å². The van der Waals surface area contributed by atoms with Gasteiger partial charge in [0.05, 0.1) is 24.8 Å². The summed E-state index contributed by atoms with van der Waals surface area (Å²) in [6.45, 7) is 4.56. The third-order valence-corrected chi connectivity index (χ3v) is 4.03. The second-order valence-corrected chi connectivity index (χ2v) is 5.52. The Kier molecular flexibility index (Phi) is 4.99. The standard InChI is InChI=1S/C16H22N2O2/c1-12(19)14-4-3-7-18(10-14)11-15-8-13(9-17)5-6-16(15)20-2/h5-6,8,12,14,19H,3-4,7,10-11H2,1-2H3. The van der Waals surface area contributed by atoms with Crippen LogP contribution in [-0.2, 0) is 6.54 Å². The fraction of sp³-hybridized carbons (Fsp3) is 0.562. The normalized spacial score (nSPS) is 21.2. The van der Waals surface area contributed by atoms with Gasteiger partial charge in [-0.1, -0.05) is 0 Å². The average molecular weight is 274 g/mol. The largest absolute Gasteiger partial charge is 0.496 e. The third kappa shape index (κ3) is 3.50. The number of methoxy groups -OCH3 is 1. The maximum atomic E-state index is 9.75. The summed E-state index contributed by atoms with van der Waals surface area (Å²) in [6.07, 6.45) is 1.93. The molecule has 0 radical (unpaired) electrons. The molecule has 1 aromatic carbocycles. The van der Waals surface area contributed by atoms with E-state index >= 15 is 0 Å². The van der Waals surface area contributed by atoms with Gasteiger partial charge in [0.2, 0.25) is 0 Å². The Morgan fingerprint density at radius 1 is 1.55 bits per heavy atom. The fourth-order valence-electron chi connectivity index (χ4n) is 2.84. The van der Waals surface area contributed by atoms with Crippen LogP contribution in [0.1, 0.15) is 30.9 Å². The molecule has 0 spiro atoms. The lowest BCUT2D eigenvalue weighted by atomic mass is 9.93. The molecule has 2 unspecified atom stereocenters. The highest BCUT2D eigenvalue weighted by atomic mass is 16.5. The van der Waals surface area contributed by atoms with E-state index in [2.05, 4.69) is 11.0 Å². The Balaban J connectivity index is 2.11. The minimum atomic E-state index is -0.259. The minimum Gasteiger partial charge on any atom is -0.496 e. The van der Waals surface area contributed by atoms with Gasteiger partial charge in [0.15, 0.2) is 0 Å². The summed E-state index contributed by atoms with van der Waals surface area (Å²) in [5, 5.41) is 18.8. The molecule has 1 aliphatic rings. The highest BCUT2D eigenvalue weighted by Crippen LogP contribution is 2.25. The van der Waals surface area contributed by atoms with Crippen LogP contribution in [0.25, 0.3) is 0 Å². The molecule has 0 saturated carbocycles. The molecule has 2 atom stereocenters. The number of nitriles is 1. The second kappa shape index (κ2) is 6.74. The van der Waals surface area contributed by atoms with E-state index in [1.165, 1.54) is 0 Å². The van der Waals surface area contributed by atoms with Crippen molar-refractivity contribution < 1.29 is 9.84 Å². The summed E-state index contributed by atoms with van der Waals surface area (Å²) < 4.78 is 5.38. The Morgan fingerprint density at radius 3 is 3.00 bits per heavy atom. The summed E-state index contributed by atoms with van der Waals surface area (Å²) in [7, 11) is 1.65. The van der Waals surface area contributed by atoms with Crippen LogP contribution in [0.2, 0.25) is 0 Å². The van der Waals surface area contributed by atoms with Crippen molar-refractivity contribution in [2.45, 2.75) is 32.4 Å². The molecule has 1 aromatic rings. The molecule has 20 heavy (non-hydrogen) atoms. The van der Waals surface area contributed by atoms with Gasteiger partial charge in [-0.2, -0.15) is 5.26 Å². The molecule has 0 aliphatic carbocycles. The fourth-order valence-corrected chi connectivity index (χ4v) is 2.84. The highest BCUT2D eigenvalue weighted by molar-refractivity contribution is 5.42. The number of likely N-dealkylation sites (tertiary alicyclic amines) is 1. The smallest absolute Gasteiger partial charge is 0.123 e. The van der Waals surface area contributed by atoms with Crippen molar-refractivity contribution in [2.75, 3.05) is 20.2 Å². The summed E-state index contributed by atoms with van der Waals surface area (Å²) in [4.78, 5) is 2.33. The lowest BCUT2D eigenvalue weighted by molar-refractivity contribution is 0.0596. The molecule has 1 aliphatic heterocycles. The Bertz CT molecular complexity index is 494. The van der Waals surface area contributed by atoms with Gasteiger partial charge in [-0.25, -0.2) is 0 Å². The maximum absolute atomic E-state index is 9.75. The predicted molar refractivity (Wildman–Crippen MR) is 77.4 cm³/mol. The van der Waals surface area contributed by atoms with Crippen molar-refractivity contribution >= 4 is 0 Å². The van der Waals surface area contributed by atoms with Crippen molar-refractivity contribution in [1.82, 2.24) is 4.90 Å². The molecule has 0 bridgehead atoms. The molecule has 0 aromatic heterocycles. The van der Waals surface area contributed by atoms with Gasteiger partial charge in [-0.3, -0.25) is 4.90 Å². The highest BCUT2D eigenvalue weighted by Gasteiger charge is 2.24. The van der Waals surface area contributed by atoms with Crippen LogP contribution in [0.3, 0.4) is 0 Å². The van der Waals surface area contributed by atoms with Crippen LogP contribution in [0.4, 0.5) is 0 Å². The topological polar surface area (TPSA) is 56.5 Å². The number of hydrogen-bond donors (Lipinski definition) is 1. The summed E-state index contributed by atoms with van der Waals surface area (Å²) in [6, 6.07) is 7.69. The van der Waals surface area contributed by atoms with Crippen LogP contribution in [0.5, 0.6) is 5.75 Å². The van der Waals surface area contributed by atoms with Crippen molar-refractivity contribution in [3.05, 3.63) is 29.3 Å². The third-order valence-electron chi connectivity index (χ3n) is 4.03. The number of benzene rings is 1. The van der Waals surface area contributed by atoms with Crippen molar-refractivity contribution in [3.8, 4) is 11.8 Å². The van der Waals surface area contributed by atoms with E-state index in [9.17, 15) is 5.11 Å². The van der Waals surface area contributed by atoms with E-state index in [4.69, 9.17) is 10.00 Å². The van der Waals surface area contributed by atoms with Gasteiger partial charge in [-0.05, 0) is 50.4 Å². The molecule has 1 fully saturated rings. The lowest BCUT2D eigenvalue weighted by Gasteiger charge is -2.34. The van der Waals surface area contributed by atoms with Gasteiger partial charge < -0.3 is 9.84 Å². The molecule has 4 heteroatoms. The lowest BCUT2D eigenvalue weighted by Crippen LogP contribution is -2.39. The number of rotatable bonds is 4. The van der Waals surface area contributed by atoms with Crippen LogP contribution < -0.4 is 4.74 Å². The molecular weight excluding hydrogens is 252 g/mol. The van der Waals surface area contributed by atoms with Crippen molar-refractivity contribution in [3.63, 3.8) is 0 Å². The average Bonchev–Trinajstić information content (AvgIpc) is 2.47. The number of hydrogen-bond acceptors (Lipinski definition) is 4. The Labute approximate surface area is 120 Å². The van der Waals surface area contributed by atoms with Gasteiger partial charge in [0, 0.05) is 18.7 Å². The van der Waals surface area contributed by atoms with E-state index in [1.54, 1.807) is 13.2 Å². The van der Waals surface area contributed by atoms with Crippen LogP contribution >= 0.6 is 0 Å². The first-order valence-corrected chi connectivity index (χ1v) is 7.11. The number of aliphatic hydroxyl groups is 1. The summed E-state index contributed by atoms with van der Waals surface area (Å²) >= 11 is 0. The Hall–Kier alpha value is -1.57. The first-order valence-electron chi connectivity index (χ1n) is 7.11. The number of piperidine rings is 1. The second-order valence-electron chi connectivity index (χ2n) is 5.52. The van der Waals surface area contributed by atoms with Gasteiger partial charge in [0.1, 0.15) is 5.75 Å². The van der Waals surface area contributed by atoms with Gasteiger partial charge in [0.25, 0.3) is 0 Å². The summed E-state index contributed by atoms with van der Waals surface area (Å²) in [5.74, 6) is 1.16. The van der Waals surface area contributed by atoms with E-state index in [0.717, 1.165) is 43.8 Å². The number of nitrogens with zero attached hydrogens (tertiary/aromatic N) is 2. The quantitative estimate of drug-likeness (QED) is 0.914. The molecule has 0 amide bonds.